The minimum Gasteiger partial charge on any atom is -0.497 e. The van der Waals surface area contributed by atoms with E-state index < -0.39 is 9.84 Å². The van der Waals surface area contributed by atoms with Crippen LogP contribution >= 0.6 is 0 Å². The number of hydrogen-bond acceptors (Lipinski definition) is 4. The molecule has 0 amide bonds. The molecule has 1 aromatic carbocycles. The smallest absolute Gasteiger partial charge is 0.147 e. The summed E-state index contributed by atoms with van der Waals surface area (Å²) in [7, 11) is -1.49. The Balaban J connectivity index is 2.81. The van der Waals surface area contributed by atoms with Crippen LogP contribution in [0, 0.1) is 5.82 Å². The van der Waals surface area contributed by atoms with Gasteiger partial charge in [0.05, 0.1) is 7.11 Å². The first-order chi connectivity index (χ1) is 9.87. The van der Waals surface area contributed by atoms with Crippen LogP contribution in [0.15, 0.2) is 18.2 Å². The van der Waals surface area contributed by atoms with E-state index in [9.17, 15) is 12.8 Å². The minimum atomic E-state index is -2.98. The van der Waals surface area contributed by atoms with E-state index in [2.05, 4.69) is 5.32 Å². The van der Waals surface area contributed by atoms with Crippen LogP contribution < -0.4 is 10.1 Å². The maximum atomic E-state index is 14.1. The third-order valence-corrected chi connectivity index (χ3v) is 4.26. The van der Waals surface area contributed by atoms with Crippen LogP contribution in [0.2, 0.25) is 0 Å². The molecule has 0 heterocycles. The standard InChI is InChI=1S/C15H24FNO3S/c1-4-9-17-15(6-5-10-21(3,18)19)13-8-7-12(20-2)11-14(13)16/h7-8,11,15,17H,4-6,9-10H2,1-3H3. The maximum Gasteiger partial charge on any atom is 0.147 e. The second kappa shape index (κ2) is 8.34. The Labute approximate surface area is 126 Å². The molecule has 1 aromatic rings. The third-order valence-electron chi connectivity index (χ3n) is 3.23. The van der Waals surface area contributed by atoms with Gasteiger partial charge in [0.1, 0.15) is 21.4 Å². The van der Waals surface area contributed by atoms with Gasteiger partial charge in [-0.15, -0.1) is 0 Å². The fourth-order valence-corrected chi connectivity index (χ4v) is 2.84. The van der Waals surface area contributed by atoms with E-state index in [1.807, 2.05) is 6.92 Å². The highest BCUT2D eigenvalue weighted by Gasteiger charge is 2.16. The highest BCUT2D eigenvalue weighted by molar-refractivity contribution is 7.90. The number of nitrogens with one attached hydrogen (secondary N) is 1. The summed E-state index contributed by atoms with van der Waals surface area (Å²) in [5.74, 6) is 0.263. The molecule has 1 rings (SSSR count). The number of ether oxygens (including phenoxy) is 1. The van der Waals surface area contributed by atoms with Crippen molar-refractivity contribution in [2.75, 3.05) is 25.7 Å². The van der Waals surface area contributed by atoms with Crippen LogP contribution in [0.1, 0.15) is 37.8 Å². The van der Waals surface area contributed by atoms with Crippen molar-refractivity contribution in [1.82, 2.24) is 5.32 Å². The average Bonchev–Trinajstić information content (AvgIpc) is 2.41. The first kappa shape index (κ1) is 17.9. The fourth-order valence-electron chi connectivity index (χ4n) is 2.15. The molecule has 0 spiro atoms. The first-order valence-electron chi connectivity index (χ1n) is 7.12. The van der Waals surface area contributed by atoms with E-state index in [0.29, 0.717) is 24.2 Å². The molecule has 6 heteroatoms. The summed E-state index contributed by atoms with van der Waals surface area (Å²) in [6.45, 7) is 2.79. The summed E-state index contributed by atoms with van der Waals surface area (Å²) >= 11 is 0. The molecule has 21 heavy (non-hydrogen) atoms. The Morgan fingerprint density at radius 3 is 2.62 bits per heavy atom. The fraction of sp³-hybridized carbons (Fsp3) is 0.600. The predicted molar refractivity (Wildman–Crippen MR) is 82.9 cm³/mol. The Hall–Kier alpha value is -1.14. The van der Waals surface area contributed by atoms with Crippen molar-refractivity contribution in [1.29, 1.82) is 0 Å². The number of rotatable bonds is 9. The summed E-state index contributed by atoms with van der Waals surface area (Å²) in [6, 6.07) is 4.59. The second-order valence-electron chi connectivity index (χ2n) is 5.17. The van der Waals surface area contributed by atoms with Crippen LogP contribution in [-0.4, -0.2) is 34.1 Å². The molecule has 0 radical (unpaired) electrons. The Morgan fingerprint density at radius 2 is 2.10 bits per heavy atom. The summed E-state index contributed by atoms with van der Waals surface area (Å²) in [5, 5.41) is 3.27. The molecule has 1 N–H and O–H groups in total. The van der Waals surface area contributed by atoms with Crippen molar-refractivity contribution in [3.05, 3.63) is 29.6 Å². The lowest BCUT2D eigenvalue weighted by molar-refractivity contribution is 0.408. The molecule has 0 aliphatic carbocycles. The van der Waals surface area contributed by atoms with Gasteiger partial charge in [0, 0.05) is 29.7 Å². The summed E-state index contributed by atoms with van der Waals surface area (Å²) in [5.41, 5.74) is 0.553. The molecule has 0 aromatic heterocycles. The van der Waals surface area contributed by atoms with Crippen molar-refractivity contribution in [2.45, 2.75) is 32.2 Å². The highest BCUT2D eigenvalue weighted by atomic mass is 32.2. The van der Waals surface area contributed by atoms with E-state index in [-0.39, 0.29) is 17.6 Å². The van der Waals surface area contributed by atoms with Gasteiger partial charge in [-0.25, -0.2) is 12.8 Å². The number of benzene rings is 1. The van der Waals surface area contributed by atoms with Gasteiger partial charge in [-0.05, 0) is 31.9 Å². The van der Waals surface area contributed by atoms with Crippen molar-refractivity contribution in [3.8, 4) is 5.75 Å². The van der Waals surface area contributed by atoms with Crippen molar-refractivity contribution in [2.24, 2.45) is 0 Å². The molecular formula is C15H24FNO3S. The number of halogens is 1. The van der Waals surface area contributed by atoms with Gasteiger partial charge in [0.2, 0.25) is 0 Å². The van der Waals surface area contributed by atoms with E-state index in [1.165, 1.54) is 19.4 Å². The number of hydrogen-bond donors (Lipinski definition) is 1. The summed E-state index contributed by atoms with van der Waals surface area (Å²) < 4.78 is 41.5. The summed E-state index contributed by atoms with van der Waals surface area (Å²) in [4.78, 5) is 0. The largest absolute Gasteiger partial charge is 0.497 e. The Morgan fingerprint density at radius 1 is 1.38 bits per heavy atom. The van der Waals surface area contributed by atoms with E-state index in [1.54, 1.807) is 12.1 Å². The molecule has 0 fully saturated rings. The second-order valence-corrected chi connectivity index (χ2v) is 7.43. The van der Waals surface area contributed by atoms with Crippen molar-refractivity contribution in [3.63, 3.8) is 0 Å². The van der Waals surface area contributed by atoms with Crippen LogP contribution in [0.5, 0.6) is 5.75 Å². The lowest BCUT2D eigenvalue weighted by Crippen LogP contribution is -2.23. The zero-order valence-electron chi connectivity index (χ0n) is 12.9. The van der Waals surface area contributed by atoms with E-state index in [0.717, 1.165) is 13.0 Å². The highest BCUT2D eigenvalue weighted by Crippen LogP contribution is 2.25. The molecule has 1 atom stereocenters. The zero-order valence-corrected chi connectivity index (χ0v) is 13.7. The normalized spacial score (nSPS) is 13.1. The van der Waals surface area contributed by atoms with Crippen LogP contribution in [0.4, 0.5) is 4.39 Å². The zero-order chi connectivity index (χ0) is 15.9. The lowest BCUT2D eigenvalue weighted by atomic mass is 10.0. The minimum absolute atomic E-state index is 0.120. The monoisotopic (exact) mass is 317 g/mol. The average molecular weight is 317 g/mol. The van der Waals surface area contributed by atoms with Gasteiger partial charge < -0.3 is 10.1 Å². The third kappa shape index (κ3) is 6.44. The van der Waals surface area contributed by atoms with Gasteiger partial charge >= 0.3 is 0 Å². The van der Waals surface area contributed by atoms with Gasteiger partial charge in [-0.3, -0.25) is 0 Å². The van der Waals surface area contributed by atoms with Crippen molar-refractivity contribution < 1.29 is 17.5 Å². The van der Waals surface area contributed by atoms with Gasteiger partial charge in [-0.2, -0.15) is 0 Å². The quantitative estimate of drug-likeness (QED) is 0.761. The van der Waals surface area contributed by atoms with E-state index >= 15 is 0 Å². The van der Waals surface area contributed by atoms with Gasteiger partial charge in [-0.1, -0.05) is 13.0 Å². The maximum absolute atomic E-state index is 14.1. The Bertz CT molecular complexity index is 546. The Kier molecular flexibility index (Phi) is 7.11. The van der Waals surface area contributed by atoms with Gasteiger partial charge in [0.25, 0.3) is 0 Å². The van der Waals surface area contributed by atoms with Crippen LogP contribution in [-0.2, 0) is 9.84 Å². The predicted octanol–water partition coefficient (Wildman–Crippen LogP) is 2.70. The first-order valence-corrected chi connectivity index (χ1v) is 9.18. The van der Waals surface area contributed by atoms with E-state index in [4.69, 9.17) is 4.74 Å². The van der Waals surface area contributed by atoms with Gasteiger partial charge in [0.15, 0.2) is 0 Å². The van der Waals surface area contributed by atoms with Crippen molar-refractivity contribution >= 4 is 9.84 Å². The molecule has 0 saturated heterocycles. The molecule has 0 bridgehead atoms. The van der Waals surface area contributed by atoms with Crippen LogP contribution in [0.3, 0.4) is 0 Å². The lowest BCUT2D eigenvalue weighted by Gasteiger charge is -2.20. The number of sulfone groups is 1. The topological polar surface area (TPSA) is 55.4 Å². The molecule has 120 valence electrons. The number of methoxy groups -OCH3 is 1. The molecule has 0 saturated carbocycles. The molecule has 0 aliphatic rings. The van der Waals surface area contributed by atoms with Crippen LogP contribution in [0.25, 0.3) is 0 Å². The molecular weight excluding hydrogens is 293 g/mol. The molecule has 4 nitrogen and oxygen atoms in total. The molecule has 0 aliphatic heterocycles. The summed E-state index contributed by atoms with van der Waals surface area (Å²) in [6.07, 6.45) is 3.23. The molecule has 1 unspecified atom stereocenters. The SMILES string of the molecule is CCCNC(CCCS(C)(=O)=O)c1ccc(OC)cc1F.